The first-order valence-electron chi connectivity index (χ1n) is 6.45. The molecule has 0 aliphatic rings. The Morgan fingerprint density at radius 2 is 2.33 bits per heavy atom. The third kappa shape index (κ3) is 4.99. The molecule has 0 aliphatic heterocycles. The number of aryl methyl sites for hydroxylation is 1. The van der Waals surface area contributed by atoms with Crippen molar-refractivity contribution in [2.75, 3.05) is 6.61 Å². The van der Waals surface area contributed by atoms with E-state index in [-0.39, 0.29) is 12.5 Å². The summed E-state index contributed by atoms with van der Waals surface area (Å²) < 4.78 is 6.30. The third-order valence-electron chi connectivity index (χ3n) is 2.69. The minimum absolute atomic E-state index is 0.0775. The second-order valence-corrected chi connectivity index (χ2v) is 6.05. The molecule has 1 amide bonds. The van der Waals surface area contributed by atoms with Crippen molar-refractivity contribution in [1.82, 2.24) is 5.43 Å². The summed E-state index contributed by atoms with van der Waals surface area (Å²) in [6.07, 6.45) is 2.56. The van der Waals surface area contributed by atoms with Gasteiger partial charge in [-0.2, -0.15) is 5.10 Å². The van der Waals surface area contributed by atoms with E-state index in [0.29, 0.717) is 5.75 Å². The van der Waals surface area contributed by atoms with Crippen LogP contribution in [-0.4, -0.2) is 18.7 Å². The molecule has 2 aromatic rings. The first kappa shape index (κ1) is 15.7. The number of benzene rings is 1. The number of carbonyl (C=O) groups excluding carboxylic acids is 1. The summed E-state index contributed by atoms with van der Waals surface area (Å²) in [5.74, 6) is 0.346. The monoisotopic (exact) mass is 366 g/mol. The standard InChI is InChI=1S/C15H15BrN2O2S/c1-2-11-5-6-14(13(16)8-11)20-10-15(19)18-17-9-12-4-3-7-21-12/h3-9H,2,10H2,1H3,(H,18,19)/b17-9+. The first-order chi connectivity index (χ1) is 10.2. The lowest BCUT2D eigenvalue weighted by Gasteiger charge is -2.08. The van der Waals surface area contributed by atoms with Gasteiger partial charge in [-0.1, -0.05) is 19.1 Å². The van der Waals surface area contributed by atoms with Crippen LogP contribution in [0.5, 0.6) is 5.75 Å². The molecule has 0 unspecified atom stereocenters. The van der Waals surface area contributed by atoms with Gasteiger partial charge in [0.25, 0.3) is 5.91 Å². The number of hydrogen-bond donors (Lipinski definition) is 1. The molecule has 2 rings (SSSR count). The predicted octanol–water partition coefficient (Wildman–Crippen LogP) is 3.60. The number of nitrogens with one attached hydrogen (secondary N) is 1. The van der Waals surface area contributed by atoms with Crippen LogP contribution in [0.2, 0.25) is 0 Å². The van der Waals surface area contributed by atoms with Crippen molar-refractivity contribution in [2.45, 2.75) is 13.3 Å². The summed E-state index contributed by atoms with van der Waals surface area (Å²) >= 11 is 4.98. The molecule has 1 N–H and O–H groups in total. The number of ether oxygens (including phenoxy) is 1. The van der Waals surface area contributed by atoms with Crippen molar-refractivity contribution in [3.63, 3.8) is 0 Å². The van der Waals surface area contributed by atoms with Gasteiger partial charge in [0.15, 0.2) is 6.61 Å². The van der Waals surface area contributed by atoms with E-state index in [1.807, 2.05) is 35.7 Å². The van der Waals surface area contributed by atoms with Crippen LogP contribution in [0.15, 0.2) is 45.3 Å². The van der Waals surface area contributed by atoms with Gasteiger partial charge >= 0.3 is 0 Å². The highest BCUT2D eigenvalue weighted by Crippen LogP contribution is 2.26. The summed E-state index contributed by atoms with van der Waals surface area (Å²) in [5.41, 5.74) is 3.64. The molecule has 0 saturated heterocycles. The average Bonchev–Trinajstić information content (AvgIpc) is 2.99. The summed E-state index contributed by atoms with van der Waals surface area (Å²) in [6, 6.07) is 9.66. The number of carbonyl (C=O) groups is 1. The molecule has 1 aromatic heterocycles. The highest BCUT2D eigenvalue weighted by molar-refractivity contribution is 9.10. The maximum Gasteiger partial charge on any atom is 0.277 e. The Balaban J connectivity index is 1.81. The molecule has 4 nitrogen and oxygen atoms in total. The topological polar surface area (TPSA) is 50.7 Å². The highest BCUT2D eigenvalue weighted by atomic mass is 79.9. The smallest absolute Gasteiger partial charge is 0.277 e. The Morgan fingerprint density at radius 3 is 3.00 bits per heavy atom. The fraction of sp³-hybridized carbons (Fsp3) is 0.200. The van der Waals surface area contributed by atoms with E-state index in [2.05, 4.69) is 33.4 Å². The van der Waals surface area contributed by atoms with E-state index in [0.717, 1.165) is 15.8 Å². The SMILES string of the molecule is CCc1ccc(OCC(=O)N/N=C/c2cccs2)c(Br)c1. The van der Waals surface area contributed by atoms with Gasteiger partial charge < -0.3 is 4.74 Å². The van der Waals surface area contributed by atoms with E-state index in [1.165, 1.54) is 5.56 Å². The van der Waals surface area contributed by atoms with Crippen molar-refractivity contribution in [3.8, 4) is 5.75 Å². The lowest BCUT2D eigenvalue weighted by atomic mass is 10.2. The van der Waals surface area contributed by atoms with Crippen molar-refractivity contribution >= 4 is 39.4 Å². The maximum absolute atomic E-state index is 11.6. The number of amides is 1. The molecule has 1 heterocycles. The van der Waals surface area contributed by atoms with Crippen LogP contribution in [0.3, 0.4) is 0 Å². The van der Waals surface area contributed by atoms with Crippen LogP contribution >= 0.6 is 27.3 Å². The zero-order valence-electron chi connectivity index (χ0n) is 11.5. The van der Waals surface area contributed by atoms with Gasteiger partial charge in [0.05, 0.1) is 10.7 Å². The van der Waals surface area contributed by atoms with Crippen LogP contribution < -0.4 is 10.2 Å². The Bertz CT molecular complexity index is 627. The molecular formula is C15H15BrN2O2S. The highest BCUT2D eigenvalue weighted by Gasteiger charge is 2.05. The number of hydrazone groups is 1. The van der Waals surface area contributed by atoms with Crippen molar-refractivity contribution in [1.29, 1.82) is 0 Å². The molecule has 0 saturated carbocycles. The molecular weight excluding hydrogens is 352 g/mol. The molecule has 0 atom stereocenters. The van der Waals surface area contributed by atoms with Gasteiger partial charge in [0.2, 0.25) is 0 Å². The Morgan fingerprint density at radius 1 is 1.48 bits per heavy atom. The zero-order valence-corrected chi connectivity index (χ0v) is 13.9. The van der Waals surface area contributed by atoms with E-state index < -0.39 is 0 Å². The molecule has 0 bridgehead atoms. The van der Waals surface area contributed by atoms with Crippen molar-refractivity contribution in [3.05, 3.63) is 50.6 Å². The molecule has 21 heavy (non-hydrogen) atoms. The minimum Gasteiger partial charge on any atom is -0.483 e. The Hall–Kier alpha value is -1.66. The second-order valence-electron chi connectivity index (χ2n) is 4.22. The van der Waals surface area contributed by atoms with Crippen LogP contribution in [0, 0.1) is 0 Å². The summed E-state index contributed by atoms with van der Waals surface area (Å²) in [4.78, 5) is 12.6. The van der Waals surface area contributed by atoms with Gasteiger partial charge in [0, 0.05) is 4.88 Å². The lowest BCUT2D eigenvalue weighted by molar-refractivity contribution is -0.123. The molecule has 110 valence electrons. The first-order valence-corrected chi connectivity index (χ1v) is 8.13. The van der Waals surface area contributed by atoms with Gasteiger partial charge in [-0.3, -0.25) is 4.79 Å². The van der Waals surface area contributed by atoms with Crippen LogP contribution in [-0.2, 0) is 11.2 Å². The molecule has 0 spiro atoms. The van der Waals surface area contributed by atoms with E-state index in [4.69, 9.17) is 4.74 Å². The Kier molecular flexibility index (Phi) is 5.95. The van der Waals surface area contributed by atoms with Crippen LogP contribution in [0.25, 0.3) is 0 Å². The average molecular weight is 367 g/mol. The van der Waals surface area contributed by atoms with Gasteiger partial charge in [-0.15, -0.1) is 11.3 Å². The zero-order chi connectivity index (χ0) is 15.1. The fourth-order valence-corrected chi connectivity index (χ4v) is 2.72. The van der Waals surface area contributed by atoms with Crippen molar-refractivity contribution < 1.29 is 9.53 Å². The summed E-state index contributed by atoms with van der Waals surface area (Å²) in [7, 11) is 0. The van der Waals surface area contributed by atoms with E-state index in [9.17, 15) is 4.79 Å². The quantitative estimate of drug-likeness (QED) is 0.627. The normalized spacial score (nSPS) is 10.8. The summed E-state index contributed by atoms with van der Waals surface area (Å²) in [5, 5.41) is 5.82. The molecule has 6 heteroatoms. The van der Waals surface area contributed by atoms with Gasteiger partial charge in [0.1, 0.15) is 5.75 Å². The number of rotatable bonds is 6. The van der Waals surface area contributed by atoms with E-state index >= 15 is 0 Å². The maximum atomic E-state index is 11.6. The number of nitrogens with zero attached hydrogens (tertiary/aromatic N) is 1. The molecule has 0 aliphatic carbocycles. The molecule has 0 fully saturated rings. The number of hydrogen-bond acceptors (Lipinski definition) is 4. The van der Waals surface area contributed by atoms with Crippen LogP contribution in [0.4, 0.5) is 0 Å². The van der Waals surface area contributed by atoms with E-state index in [1.54, 1.807) is 17.6 Å². The molecule has 1 aromatic carbocycles. The second kappa shape index (κ2) is 7.95. The van der Waals surface area contributed by atoms with Crippen molar-refractivity contribution in [2.24, 2.45) is 5.10 Å². The van der Waals surface area contributed by atoms with Gasteiger partial charge in [-0.25, -0.2) is 5.43 Å². The Labute approximate surface area is 136 Å². The molecule has 0 radical (unpaired) electrons. The minimum atomic E-state index is -0.297. The lowest BCUT2D eigenvalue weighted by Crippen LogP contribution is -2.24. The number of halogens is 1. The predicted molar refractivity (Wildman–Crippen MR) is 89.1 cm³/mol. The number of thiophene rings is 1. The third-order valence-corrected chi connectivity index (χ3v) is 4.11. The summed E-state index contributed by atoms with van der Waals surface area (Å²) in [6.45, 7) is 2.01. The fourth-order valence-electron chi connectivity index (χ4n) is 1.59. The van der Waals surface area contributed by atoms with Crippen LogP contribution in [0.1, 0.15) is 17.4 Å². The largest absolute Gasteiger partial charge is 0.483 e. The van der Waals surface area contributed by atoms with Gasteiger partial charge in [-0.05, 0) is 51.5 Å².